The number of carbonyl (C=O) groups is 1. The molecule has 4 nitrogen and oxygen atoms in total. The lowest BCUT2D eigenvalue weighted by Gasteiger charge is -2.13. The maximum Gasteiger partial charge on any atom is 0.224 e. The van der Waals surface area contributed by atoms with Crippen molar-refractivity contribution in [2.75, 3.05) is 11.9 Å². The van der Waals surface area contributed by atoms with E-state index in [0.29, 0.717) is 13.0 Å². The quantitative estimate of drug-likeness (QED) is 0.783. The Labute approximate surface area is 118 Å². The smallest absolute Gasteiger partial charge is 0.224 e. The first-order valence-corrected chi connectivity index (χ1v) is 6.86. The van der Waals surface area contributed by atoms with Crippen molar-refractivity contribution in [3.8, 4) is 5.75 Å². The highest BCUT2D eigenvalue weighted by Gasteiger charge is 2.12. The molecule has 0 fully saturated rings. The van der Waals surface area contributed by atoms with Crippen molar-refractivity contribution in [2.45, 2.75) is 19.8 Å². The molecule has 1 atom stereocenters. The molecule has 0 heterocycles. The van der Waals surface area contributed by atoms with Gasteiger partial charge >= 0.3 is 0 Å². The fourth-order valence-electron chi connectivity index (χ4n) is 2.26. The molecule has 1 amide bonds. The number of anilines is 1. The average Bonchev–Trinajstić information content (AvgIpc) is 2.46. The summed E-state index contributed by atoms with van der Waals surface area (Å²) in [6.45, 7) is 2.54. The SMILES string of the molecule is CCC(CN)CC(=O)Nc1cccc2c(O)cccc12. The Morgan fingerprint density at radius 3 is 2.65 bits per heavy atom. The van der Waals surface area contributed by atoms with Crippen molar-refractivity contribution in [1.82, 2.24) is 0 Å². The van der Waals surface area contributed by atoms with Gasteiger partial charge in [0.05, 0.1) is 0 Å². The maximum absolute atomic E-state index is 12.0. The summed E-state index contributed by atoms with van der Waals surface area (Å²) in [6.07, 6.45) is 1.31. The molecule has 4 N–H and O–H groups in total. The third kappa shape index (κ3) is 3.08. The van der Waals surface area contributed by atoms with Crippen LogP contribution >= 0.6 is 0 Å². The van der Waals surface area contributed by atoms with Crippen LogP contribution in [-0.2, 0) is 4.79 Å². The molecule has 0 radical (unpaired) electrons. The van der Waals surface area contributed by atoms with Crippen molar-refractivity contribution in [3.63, 3.8) is 0 Å². The van der Waals surface area contributed by atoms with E-state index in [0.717, 1.165) is 22.9 Å². The van der Waals surface area contributed by atoms with E-state index in [1.807, 2.05) is 31.2 Å². The summed E-state index contributed by atoms with van der Waals surface area (Å²) in [5.41, 5.74) is 6.34. The molecule has 4 heteroatoms. The molecule has 106 valence electrons. The topological polar surface area (TPSA) is 75.4 Å². The van der Waals surface area contributed by atoms with E-state index in [9.17, 15) is 9.90 Å². The number of phenols is 1. The van der Waals surface area contributed by atoms with Crippen LogP contribution in [-0.4, -0.2) is 17.6 Å². The average molecular weight is 272 g/mol. The van der Waals surface area contributed by atoms with Crippen molar-refractivity contribution >= 4 is 22.4 Å². The molecule has 2 rings (SSSR count). The molecular formula is C16H20N2O2. The van der Waals surface area contributed by atoms with Crippen molar-refractivity contribution in [2.24, 2.45) is 11.7 Å². The normalized spacial score (nSPS) is 12.3. The second kappa shape index (κ2) is 6.39. The van der Waals surface area contributed by atoms with E-state index in [1.165, 1.54) is 0 Å². The molecule has 2 aromatic carbocycles. The van der Waals surface area contributed by atoms with E-state index in [2.05, 4.69) is 5.32 Å². The lowest BCUT2D eigenvalue weighted by atomic mass is 10.0. The van der Waals surface area contributed by atoms with Gasteiger partial charge in [0.25, 0.3) is 0 Å². The van der Waals surface area contributed by atoms with Gasteiger partial charge < -0.3 is 16.2 Å². The second-order valence-electron chi connectivity index (χ2n) is 4.94. The third-order valence-corrected chi connectivity index (χ3v) is 3.56. The minimum absolute atomic E-state index is 0.0434. The fraction of sp³-hybridized carbons (Fsp3) is 0.312. The number of rotatable bonds is 5. The van der Waals surface area contributed by atoms with Gasteiger partial charge in [0, 0.05) is 22.9 Å². The van der Waals surface area contributed by atoms with Crippen LogP contribution in [0.25, 0.3) is 10.8 Å². The van der Waals surface area contributed by atoms with E-state index in [1.54, 1.807) is 12.1 Å². The van der Waals surface area contributed by atoms with Crippen LogP contribution in [0, 0.1) is 5.92 Å². The summed E-state index contributed by atoms with van der Waals surface area (Å²) in [7, 11) is 0. The van der Waals surface area contributed by atoms with Crippen LogP contribution < -0.4 is 11.1 Å². The highest BCUT2D eigenvalue weighted by atomic mass is 16.3. The van der Waals surface area contributed by atoms with E-state index < -0.39 is 0 Å². The molecule has 20 heavy (non-hydrogen) atoms. The van der Waals surface area contributed by atoms with Crippen LogP contribution in [0.4, 0.5) is 5.69 Å². The Balaban J connectivity index is 2.22. The number of nitrogens with one attached hydrogen (secondary N) is 1. The van der Waals surface area contributed by atoms with Crippen molar-refractivity contribution in [3.05, 3.63) is 36.4 Å². The van der Waals surface area contributed by atoms with Gasteiger partial charge in [-0.25, -0.2) is 0 Å². The summed E-state index contributed by atoms with van der Waals surface area (Å²) in [6, 6.07) is 10.8. The summed E-state index contributed by atoms with van der Waals surface area (Å²) >= 11 is 0. The minimum atomic E-state index is -0.0434. The van der Waals surface area contributed by atoms with Gasteiger partial charge in [-0.1, -0.05) is 37.6 Å². The van der Waals surface area contributed by atoms with Gasteiger partial charge in [0.2, 0.25) is 5.91 Å². The standard InChI is InChI=1S/C16H20N2O2/c1-2-11(10-17)9-16(20)18-14-7-3-6-13-12(14)5-4-8-15(13)19/h3-8,11,19H,2,9-10,17H2,1H3,(H,18,20). The molecule has 2 aromatic rings. The Morgan fingerprint density at radius 1 is 1.25 bits per heavy atom. The number of fused-ring (bicyclic) bond motifs is 1. The van der Waals surface area contributed by atoms with Crippen LogP contribution in [0.1, 0.15) is 19.8 Å². The zero-order chi connectivity index (χ0) is 14.5. The molecule has 0 saturated heterocycles. The predicted molar refractivity (Wildman–Crippen MR) is 81.7 cm³/mol. The zero-order valence-corrected chi connectivity index (χ0v) is 11.6. The molecule has 0 spiro atoms. The number of nitrogens with two attached hydrogens (primary N) is 1. The number of hydrogen-bond acceptors (Lipinski definition) is 3. The van der Waals surface area contributed by atoms with E-state index in [4.69, 9.17) is 5.73 Å². The van der Waals surface area contributed by atoms with Crippen molar-refractivity contribution < 1.29 is 9.90 Å². The molecule has 0 aliphatic heterocycles. The minimum Gasteiger partial charge on any atom is -0.507 e. The molecule has 0 aliphatic rings. The van der Waals surface area contributed by atoms with Gasteiger partial charge in [-0.3, -0.25) is 4.79 Å². The van der Waals surface area contributed by atoms with Crippen LogP contribution in [0.2, 0.25) is 0 Å². The zero-order valence-electron chi connectivity index (χ0n) is 11.6. The molecular weight excluding hydrogens is 252 g/mol. The summed E-state index contributed by atoms with van der Waals surface area (Å²) in [5, 5.41) is 14.3. The molecule has 0 aromatic heterocycles. The Hall–Kier alpha value is -2.07. The van der Waals surface area contributed by atoms with Crippen molar-refractivity contribution in [1.29, 1.82) is 0 Å². The van der Waals surface area contributed by atoms with E-state index in [-0.39, 0.29) is 17.6 Å². The number of benzene rings is 2. The lowest BCUT2D eigenvalue weighted by Crippen LogP contribution is -2.21. The fourth-order valence-corrected chi connectivity index (χ4v) is 2.26. The second-order valence-corrected chi connectivity index (χ2v) is 4.94. The number of carbonyl (C=O) groups excluding carboxylic acids is 1. The number of phenolic OH excluding ortho intramolecular Hbond substituents is 1. The molecule has 0 bridgehead atoms. The van der Waals surface area contributed by atoms with Gasteiger partial charge in [-0.2, -0.15) is 0 Å². The molecule has 0 saturated carbocycles. The van der Waals surface area contributed by atoms with Gasteiger partial charge in [0.15, 0.2) is 0 Å². The van der Waals surface area contributed by atoms with Crippen LogP contribution in [0.15, 0.2) is 36.4 Å². The largest absolute Gasteiger partial charge is 0.507 e. The Bertz CT molecular complexity index is 606. The molecule has 1 unspecified atom stereocenters. The van der Waals surface area contributed by atoms with E-state index >= 15 is 0 Å². The summed E-state index contributed by atoms with van der Waals surface area (Å²) < 4.78 is 0. The summed E-state index contributed by atoms with van der Waals surface area (Å²) in [5.74, 6) is 0.378. The highest BCUT2D eigenvalue weighted by Crippen LogP contribution is 2.29. The molecule has 0 aliphatic carbocycles. The Kier molecular flexibility index (Phi) is 4.58. The number of amides is 1. The van der Waals surface area contributed by atoms with Crippen LogP contribution in [0.5, 0.6) is 5.75 Å². The number of hydrogen-bond donors (Lipinski definition) is 3. The first kappa shape index (κ1) is 14.3. The van der Waals surface area contributed by atoms with Gasteiger partial charge in [-0.05, 0) is 24.6 Å². The van der Waals surface area contributed by atoms with Gasteiger partial charge in [-0.15, -0.1) is 0 Å². The maximum atomic E-state index is 12.0. The highest BCUT2D eigenvalue weighted by molar-refractivity contribution is 6.03. The van der Waals surface area contributed by atoms with Crippen LogP contribution in [0.3, 0.4) is 0 Å². The lowest BCUT2D eigenvalue weighted by molar-refractivity contribution is -0.117. The first-order valence-electron chi connectivity index (χ1n) is 6.86. The predicted octanol–water partition coefficient (Wildman–Crippen LogP) is 2.86. The number of aromatic hydroxyl groups is 1. The Morgan fingerprint density at radius 2 is 1.95 bits per heavy atom. The summed E-state index contributed by atoms with van der Waals surface area (Å²) in [4.78, 5) is 12.0. The third-order valence-electron chi connectivity index (χ3n) is 3.56. The monoisotopic (exact) mass is 272 g/mol. The van der Waals surface area contributed by atoms with Gasteiger partial charge in [0.1, 0.15) is 5.75 Å². The first-order chi connectivity index (χ1) is 9.65.